The molecule has 3 aromatic heterocycles. The molecule has 0 bridgehead atoms. The lowest BCUT2D eigenvalue weighted by molar-refractivity contribution is -0.178. The third-order valence-electron chi connectivity index (χ3n) is 6.99. The summed E-state index contributed by atoms with van der Waals surface area (Å²) in [5.41, 5.74) is 0.307. The number of aromatic nitrogens is 3. The maximum absolute atomic E-state index is 13.5. The highest BCUT2D eigenvalue weighted by Gasteiger charge is 2.41. The lowest BCUT2D eigenvalue weighted by atomic mass is 9.81. The third-order valence-corrected chi connectivity index (χ3v) is 9.53. The molecule has 7 nitrogen and oxygen atoms in total. The summed E-state index contributed by atoms with van der Waals surface area (Å²) in [6, 6.07) is 9.68. The average Bonchev–Trinajstić information content (AvgIpc) is 3.63. The van der Waals surface area contributed by atoms with Gasteiger partial charge in [0.2, 0.25) is 0 Å². The number of hydrogen-bond donors (Lipinski definition) is 0. The van der Waals surface area contributed by atoms with E-state index >= 15 is 0 Å². The zero-order valence-electron chi connectivity index (χ0n) is 19.4. The highest BCUT2D eigenvalue weighted by atomic mass is 32.2. The molecule has 37 heavy (non-hydrogen) atoms. The molecule has 12 heteroatoms. The molecule has 0 atom stereocenters. The van der Waals surface area contributed by atoms with Crippen LogP contribution in [0.1, 0.15) is 42.9 Å². The predicted molar refractivity (Wildman–Crippen MR) is 131 cm³/mol. The van der Waals surface area contributed by atoms with Gasteiger partial charge in [-0.05, 0) is 42.5 Å². The Balaban J connectivity index is 1.45. The highest BCUT2D eigenvalue weighted by molar-refractivity contribution is 7.90. The van der Waals surface area contributed by atoms with Crippen molar-refractivity contribution >= 4 is 32.4 Å². The van der Waals surface area contributed by atoms with Crippen LogP contribution < -0.4 is 0 Å². The molecule has 0 amide bonds. The zero-order valence-corrected chi connectivity index (χ0v) is 21.1. The van der Waals surface area contributed by atoms with Crippen molar-refractivity contribution in [2.75, 3.05) is 13.2 Å². The first-order valence-electron chi connectivity index (χ1n) is 11.8. The molecule has 0 N–H and O–H groups in total. The number of halogens is 3. The molecular weight excluding hydrogens is 527 g/mol. The Bertz CT molecular complexity index is 1550. The molecule has 1 saturated carbocycles. The van der Waals surface area contributed by atoms with Crippen molar-refractivity contribution in [2.45, 2.75) is 48.5 Å². The molecule has 0 unspecified atom stereocenters. The Hall–Kier alpha value is -2.80. The minimum absolute atomic E-state index is 0.0496. The van der Waals surface area contributed by atoms with Crippen LogP contribution in [0.25, 0.3) is 21.6 Å². The second-order valence-electron chi connectivity index (χ2n) is 9.21. The molecule has 1 aliphatic carbocycles. The van der Waals surface area contributed by atoms with E-state index < -0.39 is 27.7 Å². The lowest BCUT2D eigenvalue weighted by Gasteiger charge is -2.35. The van der Waals surface area contributed by atoms with Gasteiger partial charge in [-0.2, -0.15) is 13.2 Å². The molecule has 194 valence electrons. The van der Waals surface area contributed by atoms with Crippen molar-refractivity contribution in [2.24, 2.45) is 0 Å². The number of pyridine rings is 1. The van der Waals surface area contributed by atoms with Gasteiger partial charge in [-0.25, -0.2) is 22.4 Å². The predicted octanol–water partition coefficient (Wildman–Crippen LogP) is 5.82. The van der Waals surface area contributed by atoms with Crippen LogP contribution in [0.2, 0.25) is 0 Å². The zero-order chi connectivity index (χ0) is 25.8. The number of nitrogens with zero attached hydrogens (tertiary/aromatic N) is 3. The van der Waals surface area contributed by atoms with Gasteiger partial charge in [-0.15, -0.1) is 11.3 Å². The molecule has 6 rings (SSSR count). The van der Waals surface area contributed by atoms with Crippen molar-refractivity contribution in [3.63, 3.8) is 0 Å². The van der Waals surface area contributed by atoms with Crippen molar-refractivity contribution in [3.05, 3.63) is 65.4 Å². The van der Waals surface area contributed by atoms with Gasteiger partial charge in [0.25, 0.3) is 10.0 Å². The van der Waals surface area contributed by atoms with Crippen molar-refractivity contribution < 1.29 is 31.1 Å². The highest BCUT2D eigenvalue weighted by Crippen LogP contribution is 2.44. The van der Waals surface area contributed by atoms with Gasteiger partial charge in [0, 0.05) is 41.6 Å². The average molecular weight is 550 g/mol. The molecular formula is C25H22F3N3O4S2. The van der Waals surface area contributed by atoms with Gasteiger partial charge in [-0.3, -0.25) is 0 Å². The Kier molecular flexibility index (Phi) is 5.90. The first-order chi connectivity index (χ1) is 17.7. The Morgan fingerprint density at radius 1 is 1.08 bits per heavy atom. The Morgan fingerprint density at radius 3 is 2.43 bits per heavy atom. The van der Waals surface area contributed by atoms with Crippen LogP contribution in [0.15, 0.2) is 59.1 Å². The number of benzene rings is 1. The van der Waals surface area contributed by atoms with Crippen LogP contribution >= 0.6 is 11.3 Å². The summed E-state index contributed by atoms with van der Waals surface area (Å²) in [5.74, 6) is -0.388. The number of alkyl halides is 3. The SMILES string of the molecule is O=S(=O)(c1ccccc1)n1cc(-c2nc(C(F)(F)F)cs2)c2cc(C3CCC4(CC3)OCCO4)cnc21. The topological polar surface area (TPSA) is 83.3 Å². The summed E-state index contributed by atoms with van der Waals surface area (Å²) in [5, 5.41) is 1.45. The van der Waals surface area contributed by atoms with Gasteiger partial charge in [-0.1, -0.05) is 18.2 Å². The first-order valence-corrected chi connectivity index (χ1v) is 14.1. The smallest absolute Gasteiger partial charge is 0.348 e. The summed E-state index contributed by atoms with van der Waals surface area (Å²) in [6.07, 6.45) is 1.42. The summed E-state index contributed by atoms with van der Waals surface area (Å²) in [7, 11) is -4.05. The lowest BCUT2D eigenvalue weighted by Crippen LogP contribution is -2.34. The number of thiazole rings is 1. The standard InChI is InChI=1S/C25H22F3N3O4S2/c26-25(27,28)21-15-36-23(30-21)20-14-31(37(32,33)18-4-2-1-3-5-18)22-19(20)12-17(13-29-22)16-6-8-24(9-7-16)34-10-11-35-24/h1-5,12-16H,6-11H2. The fourth-order valence-electron chi connectivity index (χ4n) is 5.08. The van der Waals surface area contributed by atoms with Gasteiger partial charge in [0.1, 0.15) is 5.01 Å². The number of ether oxygens (including phenoxy) is 2. The molecule has 2 fully saturated rings. The monoisotopic (exact) mass is 549 g/mol. The van der Waals surface area contributed by atoms with E-state index in [4.69, 9.17) is 9.47 Å². The maximum atomic E-state index is 13.5. The van der Waals surface area contributed by atoms with E-state index in [0.29, 0.717) is 24.2 Å². The van der Waals surface area contributed by atoms with Crippen LogP contribution in [0, 0.1) is 0 Å². The van der Waals surface area contributed by atoms with Crippen LogP contribution in [0.5, 0.6) is 0 Å². The molecule has 4 heterocycles. The van der Waals surface area contributed by atoms with Crippen molar-refractivity contribution in [1.29, 1.82) is 0 Å². The minimum Gasteiger partial charge on any atom is -0.348 e. The minimum atomic E-state index is -4.60. The molecule has 1 spiro atoms. The fourth-order valence-corrected chi connectivity index (χ4v) is 7.28. The number of rotatable bonds is 4. The molecule has 0 radical (unpaired) electrons. The number of fused-ring (bicyclic) bond motifs is 1. The fraction of sp³-hybridized carbons (Fsp3) is 0.360. The van der Waals surface area contributed by atoms with Gasteiger partial charge in [0.15, 0.2) is 17.1 Å². The van der Waals surface area contributed by atoms with Crippen LogP contribution in [0.3, 0.4) is 0 Å². The summed E-state index contributed by atoms with van der Waals surface area (Å²) >= 11 is 0.818. The van der Waals surface area contributed by atoms with E-state index in [-0.39, 0.29) is 21.5 Å². The third kappa shape index (κ3) is 4.35. The van der Waals surface area contributed by atoms with Gasteiger partial charge >= 0.3 is 6.18 Å². The normalized spacial score (nSPS) is 18.7. The summed E-state index contributed by atoms with van der Waals surface area (Å²) in [4.78, 5) is 8.35. The Labute approximate surface area is 214 Å². The molecule has 1 aliphatic heterocycles. The maximum Gasteiger partial charge on any atom is 0.434 e. The second kappa shape index (κ2) is 8.90. The molecule has 1 saturated heterocycles. The van der Waals surface area contributed by atoms with Gasteiger partial charge < -0.3 is 9.47 Å². The quantitative estimate of drug-likeness (QED) is 0.319. The largest absolute Gasteiger partial charge is 0.434 e. The molecule has 4 aromatic rings. The first kappa shape index (κ1) is 24.5. The van der Waals surface area contributed by atoms with E-state index in [1.807, 2.05) is 6.07 Å². The van der Waals surface area contributed by atoms with Crippen molar-refractivity contribution in [3.8, 4) is 10.6 Å². The van der Waals surface area contributed by atoms with E-state index in [2.05, 4.69) is 9.97 Å². The number of hydrogen-bond acceptors (Lipinski definition) is 7. The van der Waals surface area contributed by atoms with E-state index in [1.165, 1.54) is 18.3 Å². The van der Waals surface area contributed by atoms with Crippen LogP contribution in [-0.2, 0) is 25.7 Å². The van der Waals surface area contributed by atoms with Gasteiger partial charge in [0.05, 0.1) is 18.1 Å². The van der Waals surface area contributed by atoms with Crippen molar-refractivity contribution in [1.82, 2.24) is 13.9 Å². The summed E-state index contributed by atoms with van der Waals surface area (Å²) < 4.78 is 79.5. The van der Waals surface area contributed by atoms with Crippen LogP contribution in [-0.4, -0.2) is 41.4 Å². The molecule has 2 aliphatic rings. The van der Waals surface area contributed by atoms with E-state index in [0.717, 1.165) is 51.9 Å². The van der Waals surface area contributed by atoms with E-state index in [1.54, 1.807) is 24.4 Å². The van der Waals surface area contributed by atoms with Crippen LogP contribution in [0.4, 0.5) is 13.2 Å². The summed E-state index contributed by atoms with van der Waals surface area (Å²) in [6.45, 7) is 1.16. The second-order valence-corrected chi connectivity index (χ2v) is 11.9. The Morgan fingerprint density at radius 2 is 1.78 bits per heavy atom. The molecule has 1 aromatic carbocycles. The van der Waals surface area contributed by atoms with E-state index in [9.17, 15) is 21.6 Å².